The summed E-state index contributed by atoms with van der Waals surface area (Å²) in [5.41, 5.74) is 0.466. The molecule has 0 aliphatic rings. The van der Waals surface area contributed by atoms with Crippen molar-refractivity contribution in [3.8, 4) is 0 Å². The van der Waals surface area contributed by atoms with E-state index >= 15 is 0 Å². The minimum absolute atomic E-state index is 0.00343. The van der Waals surface area contributed by atoms with E-state index in [1.807, 2.05) is 13.8 Å². The second-order valence-corrected chi connectivity index (χ2v) is 3.71. The van der Waals surface area contributed by atoms with E-state index in [9.17, 15) is 8.78 Å². The maximum absolute atomic E-state index is 13.6. The van der Waals surface area contributed by atoms with Crippen LogP contribution in [-0.2, 0) is 0 Å². The molecule has 0 bridgehead atoms. The van der Waals surface area contributed by atoms with Crippen LogP contribution < -0.4 is 5.32 Å². The van der Waals surface area contributed by atoms with Crippen LogP contribution in [0.5, 0.6) is 0 Å². The van der Waals surface area contributed by atoms with Crippen LogP contribution in [0.3, 0.4) is 0 Å². The molecule has 0 amide bonds. The first-order valence-electron chi connectivity index (χ1n) is 5.31. The number of benzene rings is 1. The zero-order valence-electron chi connectivity index (χ0n) is 9.40. The van der Waals surface area contributed by atoms with Crippen molar-refractivity contribution in [2.75, 3.05) is 5.32 Å². The van der Waals surface area contributed by atoms with Crippen molar-refractivity contribution in [3.63, 3.8) is 0 Å². The topological polar surface area (TPSA) is 12.0 Å². The molecule has 1 nitrogen and oxygen atoms in total. The highest BCUT2D eigenvalue weighted by Crippen LogP contribution is 2.23. The predicted octanol–water partition coefficient (Wildman–Crippen LogP) is 3.87. The molecule has 0 unspecified atom stereocenters. The Labute approximate surface area is 89.5 Å². The summed E-state index contributed by atoms with van der Waals surface area (Å²) in [6, 6.07) is 2.86. The number of aryl methyl sites for hydroxylation is 1. The van der Waals surface area contributed by atoms with Gasteiger partial charge in [0.05, 0.1) is 0 Å². The van der Waals surface area contributed by atoms with E-state index < -0.39 is 11.6 Å². The largest absolute Gasteiger partial charge is 0.378 e. The number of hydrogen-bond acceptors (Lipinski definition) is 1. The van der Waals surface area contributed by atoms with Crippen molar-refractivity contribution in [1.82, 2.24) is 0 Å². The van der Waals surface area contributed by atoms with Crippen molar-refractivity contribution < 1.29 is 8.78 Å². The third-order valence-corrected chi connectivity index (χ3v) is 2.62. The van der Waals surface area contributed by atoms with Crippen LogP contribution >= 0.6 is 0 Å². The molecule has 0 spiro atoms. The molecule has 0 atom stereocenters. The maximum atomic E-state index is 13.6. The second-order valence-electron chi connectivity index (χ2n) is 3.71. The number of hydrogen-bond donors (Lipinski definition) is 1. The summed E-state index contributed by atoms with van der Waals surface area (Å²) >= 11 is 0. The zero-order chi connectivity index (χ0) is 11.4. The van der Waals surface area contributed by atoms with Crippen LogP contribution in [-0.4, -0.2) is 6.04 Å². The number of halogens is 2. The summed E-state index contributed by atoms with van der Waals surface area (Å²) in [5.74, 6) is -1.01. The Morgan fingerprint density at radius 2 is 1.80 bits per heavy atom. The molecule has 15 heavy (non-hydrogen) atoms. The van der Waals surface area contributed by atoms with Gasteiger partial charge < -0.3 is 5.32 Å². The average molecular weight is 213 g/mol. The van der Waals surface area contributed by atoms with Crippen LogP contribution in [0.4, 0.5) is 14.5 Å². The van der Waals surface area contributed by atoms with E-state index in [0.717, 1.165) is 12.8 Å². The first-order chi connectivity index (χ1) is 7.10. The third kappa shape index (κ3) is 2.67. The minimum Gasteiger partial charge on any atom is -0.378 e. The van der Waals surface area contributed by atoms with Gasteiger partial charge in [-0.15, -0.1) is 0 Å². The summed E-state index contributed by atoms with van der Waals surface area (Å²) in [5, 5.41) is 2.91. The molecule has 1 rings (SSSR count). The molecule has 0 heterocycles. The zero-order valence-corrected chi connectivity index (χ0v) is 9.40. The van der Waals surface area contributed by atoms with E-state index in [1.54, 1.807) is 6.92 Å². The molecule has 0 aliphatic carbocycles. The molecule has 0 aliphatic heterocycles. The molecule has 0 fully saturated rings. The number of rotatable bonds is 4. The highest BCUT2D eigenvalue weighted by atomic mass is 19.1. The van der Waals surface area contributed by atoms with Gasteiger partial charge in [0.25, 0.3) is 0 Å². The summed E-state index contributed by atoms with van der Waals surface area (Å²) in [4.78, 5) is 0. The standard InChI is InChI=1S/C12H17F2N/c1-4-9(5-2)15-12-10(13)7-6-8(3)11(12)14/h6-7,9,15H,4-5H2,1-3H3. The van der Waals surface area contributed by atoms with Gasteiger partial charge in [-0.1, -0.05) is 19.9 Å². The Bertz CT molecular complexity index is 333. The molecule has 0 saturated heterocycles. The highest BCUT2D eigenvalue weighted by molar-refractivity contribution is 5.49. The third-order valence-electron chi connectivity index (χ3n) is 2.62. The smallest absolute Gasteiger partial charge is 0.152 e. The molecular weight excluding hydrogens is 196 g/mol. The maximum Gasteiger partial charge on any atom is 0.152 e. The lowest BCUT2D eigenvalue weighted by atomic mass is 10.1. The van der Waals surface area contributed by atoms with E-state index in [1.165, 1.54) is 12.1 Å². The van der Waals surface area contributed by atoms with Crippen molar-refractivity contribution in [2.45, 2.75) is 39.7 Å². The van der Waals surface area contributed by atoms with Gasteiger partial charge in [-0.2, -0.15) is 0 Å². The van der Waals surface area contributed by atoms with Crippen LogP contribution in [0.25, 0.3) is 0 Å². The van der Waals surface area contributed by atoms with Crippen LogP contribution in [0, 0.1) is 18.6 Å². The molecule has 1 aromatic rings. The monoisotopic (exact) mass is 213 g/mol. The van der Waals surface area contributed by atoms with E-state index in [2.05, 4.69) is 5.32 Å². The first kappa shape index (κ1) is 12.0. The Morgan fingerprint density at radius 1 is 1.20 bits per heavy atom. The Morgan fingerprint density at radius 3 is 2.33 bits per heavy atom. The summed E-state index contributed by atoms with van der Waals surface area (Å²) < 4.78 is 27.0. The predicted molar refractivity (Wildman–Crippen MR) is 59.1 cm³/mol. The highest BCUT2D eigenvalue weighted by Gasteiger charge is 2.13. The fourth-order valence-electron chi connectivity index (χ4n) is 1.49. The van der Waals surface area contributed by atoms with E-state index in [-0.39, 0.29) is 11.7 Å². The van der Waals surface area contributed by atoms with E-state index in [0.29, 0.717) is 5.56 Å². The molecule has 0 saturated carbocycles. The molecule has 3 heteroatoms. The van der Waals surface area contributed by atoms with Gasteiger partial charge in [0.15, 0.2) is 5.82 Å². The Hall–Kier alpha value is -1.12. The lowest BCUT2D eigenvalue weighted by molar-refractivity contribution is 0.570. The Kier molecular flexibility index (Phi) is 4.06. The van der Waals surface area contributed by atoms with Crippen molar-refractivity contribution >= 4 is 5.69 Å². The minimum atomic E-state index is -0.523. The van der Waals surface area contributed by atoms with Crippen molar-refractivity contribution in [1.29, 1.82) is 0 Å². The van der Waals surface area contributed by atoms with Gasteiger partial charge in [0, 0.05) is 6.04 Å². The van der Waals surface area contributed by atoms with Crippen LogP contribution in [0.2, 0.25) is 0 Å². The second kappa shape index (κ2) is 5.10. The lowest BCUT2D eigenvalue weighted by Gasteiger charge is -2.17. The van der Waals surface area contributed by atoms with E-state index in [4.69, 9.17) is 0 Å². The number of nitrogens with one attached hydrogen (secondary N) is 1. The quantitative estimate of drug-likeness (QED) is 0.800. The van der Waals surface area contributed by atoms with Gasteiger partial charge in [-0.3, -0.25) is 0 Å². The molecule has 84 valence electrons. The van der Waals surface area contributed by atoms with Gasteiger partial charge in [-0.05, 0) is 31.4 Å². The van der Waals surface area contributed by atoms with Gasteiger partial charge in [0.2, 0.25) is 0 Å². The lowest BCUT2D eigenvalue weighted by Crippen LogP contribution is -2.19. The summed E-state index contributed by atoms with van der Waals surface area (Å²) in [7, 11) is 0. The van der Waals surface area contributed by atoms with Crippen molar-refractivity contribution in [3.05, 3.63) is 29.3 Å². The average Bonchev–Trinajstić information content (AvgIpc) is 2.24. The summed E-state index contributed by atoms with van der Waals surface area (Å²) in [6.07, 6.45) is 1.70. The normalized spacial score (nSPS) is 10.8. The van der Waals surface area contributed by atoms with Crippen molar-refractivity contribution in [2.24, 2.45) is 0 Å². The van der Waals surface area contributed by atoms with Crippen LogP contribution in [0.1, 0.15) is 32.3 Å². The van der Waals surface area contributed by atoms with Gasteiger partial charge in [0.1, 0.15) is 11.5 Å². The van der Waals surface area contributed by atoms with Gasteiger partial charge in [-0.25, -0.2) is 8.78 Å². The molecular formula is C12H17F2N. The molecule has 0 aromatic heterocycles. The summed E-state index contributed by atoms with van der Waals surface area (Å²) in [6.45, 7) is 5.62. The molecule has 1 N–H and O–H groups in total. The fourth-order valence-corrected chi connectivity index (χ4v) is 1.49. The van der Waals surface area contributed by atoms with Gasteiger partial charge >= 0.3 is 0 Å². The fraction of sp³-hybridized carbons (Fsp3) is 0.500. The SMILES string of the molecule is CCC(CC)Nc1c(F)ccc(C)c1F. The molecule has 0 radical (unpaired) electrons. The number of anilines is 1. The Balaban J connectivity index is 2.97. The first-order valence-corrected chi connectivity index (χ1v) is 5.31. The molecule has 1 aromatic carbocycles. The van der Waals surface area contributed by atoms with Crippen LogP contribution in [0.15, 0.2) is 12.1 Å².